The van der Waals surface area contributed by atoms with Crippen molar-refractivity contribution in [1.82, 2.24) is 4.90 Å². The number of ether oxygens (including phenoxy) is 2. The zero-order valence-corrected chi connectivity index (χ0v) is 15.3. The van der Waals surface area contributed by atoms with Gasteiger partial charge in [0.15, 0.2) is 6.61 Å². The summed E-state index contributed by atoms with van der Waals surface area (Å²) in [6, 6.07) is 7.89. The van der Waals surface area contributed by atoms with E-state index < -0.39 is 0 Å². The molecule has 130 valence electrons. The first kappa shape index (κ1) is 19.8. The van der Waals surface area contributed by atoms with Crippen molar-refractivity contribution in [2.24, 2.45) is 0 Å². The van der Waals surface area contributed by atoms with E-state index in [9.17, 15) is 4.79 Å². The number of carbonyl (C=O) groups is 1. The Bertz CT molecular complexity index is 496. The number of nitrogens with zero attached hydrogens (tertiary/aromatic N) is 1. The van der Waals surface area contributed by atoms with Crippen molar-refractivity contribution in [1.29, 1.82) is 0 Å². The van der Waals surface area contributed by atoms with E-state index in [2.05, 4.69) is 25.7 Å². The molecule has 4 nitrogen and oxygen atoms in total. The molecule has 0 N–H and O–H groups in total. The third-order valence-electron chi connectivity index (χ3n) is 3.96. The predicted molar refractivity (Wildman–Crippen MR) is 94.5 cm³/mol. The van der Waals surface area contributed by atoms with Gasteiger partial charge in [-0.2, -0.15) is 0 Å². The van der Waals surface area contributed by atoms with Crippen LogP contribution < -0.4 is 4.74 Å². The molecular weight excluding hydrogens is 314 g/mol. The lowest BCUT2D eigenvalue weighted by molar-refractivity contribution is -0.153. The smallest absolute Gasteiger partial charge is 0.344 e. The number of halogens is 1. The van der Waals surface area contributed by atoms with Gasteiger partial charge in [-0.25, -0.2) is 4.79 Å². The molecule has 1 aliphatic heterocycles. The second kappa shape index (κ2) is 8.55. The van der Waals surface area contributed by atoms with Crippen LogP contribution in [0.2, 0.25) is 0 Å². The third-order valence-corrected chi connectivity index (χ3v) is 3.96. The van der Waals surface area contributed by atoms with Crippen LogP contribution in [-0.2, 0) is 14.9 Å². The van der Waals surface area contributed by atoms with Crippen molar-refractivity contribution in [3.05, 3.63) is 29.8 Å². The fraction of sp³-hybridized carbons (Fsp3) is 0.611. The first-order valence-corrected chi connectivity index (χ1v) is 7.96. The molecule has 2 rings (SSSR count). The monoisotopic (exact) mass is 341 g/mol. The molecule has 0 amide bonds. The summed E-state index contributed by atoms with van der Waals surface area (Å²) in [5, 5.41) is 0. The SMILES string of the molecule is CN1CCCC(OC(=O)COc2ccc(C(C)(C)C)cc2)C1.Cl. The number of benzene rings is 1. The van der Waals surface area contributed by atoms with Crippen LogP contribution in [0.4, 0.5) is 0 Å². The van der Waals surface area contributed by atoms with Gasteiger partial charge in [0.25, 0.3) is 0 Å². The van der Waals surface area contributed by atoms with Crippen LogP contribution in [0.15, 0.2) is 24.3 Å². The van der Waals surface area contributed by atoms with Gasteiger partial charge in [-0.15, -0.1) is 12.4 Å². The van der Waals surface area contributed by atoms with Crippen LogP contribution in [0, 0.1) is 0 Å². The molecule has 1 atom stereocenters. The van der Waals surface area contributed by atoms with Crippen molar-refractivity contribution >= 4 is 18.4 Å². The minimum atomic E-state index is -0.291. The summed E-state index contributed by atoms with van der Waals surface area (Å²) < 4.78 is 11.0. The summed E-state index contributed by atoms with van der Waals surface area (Å²) >= 11 is 0. The number of hydrogen-bond acceptors (Lipinski definition) is 4. The highest BCUT2D eigenvalue weighted by Crippen LogP contribution is 2.24. The van der Waals surface area contributed by atoms with Gasteiger partial charge in [0.2, 0.25) is 0 Å². The molecule has 1 saturated heterocycles. The Hall–Kier alpha value is -1.26. The van der Waals surface area contributed by atoms with E-state index in [0.717, 1.165) is 25.9 Å². The van der Waals surface area contributed by atoms with Crippen molar-refractivity contribution < 1.29 is 14.3 Å². The van der Waals surface area contributed by atoms with E-state index in [1.54, 1.807) is 0 Å². The first-order chi connectivity index (χ1) is 10.3. The minimum Gasteiger partial charge on any atom is -0.482 e. The van der Waals surface area contributed by atoms with Crippen LogP contribution in [0.1, 0.15) is 39.2 Å². The lowest BCUT2D eigenvalue weighted by Gasteiger charge is -2.29. The second-order valence-corrected chi connectivity index (χ2v) is 7.08. The highest BCUT2D eigenvalue weighted by Gasteiger charge is 2.21. The topological polar surface area (TPSA) is 38.8 Å². The van der Waals surface area contributed by atoms with Crippen LogP contribution >= 0.6 is 12.4 Å². The summed E-state index contributed by atoms with van der Waals surface area (Å²) in [5.41, 5.74) is 1.36. The maximum atomic E-state index is 11.9. The Morgan fingerprint density at radius 1 is 1.26 bits per heavy atom. The van der Waals surface area contributed by atoms with Gasteiger partial charge >= 0.3 is 5.97 Å². The molecule has 1 unspecified atom stereocenters. The number of rotatable bonds is 4. The zero-order chi connectivity index (χ0) is 16.2. The van der Waals surface area contributed by atoms with Crippen molar-refractivity contribution in [2.45, 2.75) is 45.1 Å². The maximum absolute atomic E-state index is 11.9. The standard InChI is InChI=1S/C18H27NO3.ClH/c1-18(2,3)14-7-9-15(10-8-14)21-13-17(20)22-16-6-5-11-19(4)12-16;/h7-10,16H,5-6,11-13H2,1-4H3;1H. The van der Waals surface area contributed by atoms with Gasteiger partial charge in [0.05, 0.1) is 0 Å². The van der Waals surface area contributed by atoms with Crippen molar-refractivity contribution in [3.63, 3.8) is 0 Å². The van der Waals surface area contributed by atoms with E-state index >= 15 is 0 Å². The van der Waals surface area contributed by atoms with Gasteiger partial charge in [0, 0.05) is 6.54 Å². The quantitative estimate of drug-likeness (QED) is 0.786. The van der Waals surface area contributed by atoms with E-state index in [4.69, 9.17) is 9.47 Å². The molecule has 1 heterocycles. The summed E-state index contributed by atoms with van der Waals surface area (Å²) in [4.78, 5) is 14.0. The molecule has 0 saturated carbocycles. The first-order valence-electron chi connectivity index (χ1n) is 7.96. The van der Waals surface area contributed by atoms with Gasteiger partial charge in [-0.3, -0.25) is 0 Å². The number of hydrogen-bond donors (Lipinski definition) is 0. The van der Waals surface area contributed by atoms with Crippen molar-refractivity contribution in [2.75, 3.05) is 26.7 Å². The minimum absolute atomic E-state index is 0. The molecule has 1 aliphatic rings. The molecule has 23 heavy (non-hydrogen) atoms. The Balaban J connectivity index is 0.00000264. The zero-order valence-electron chi connectivity index (χ0n) is 14.5. The highest BCUT2D eigenvalue weighted by atomic mass is 35.5. The lowest BCUT2D eigenvalue weighted by atomic mass is 9.87. The number of esters is 1. The van der Waals surface area contributed by atoms with Gasteiger partial charge in [-0.1, -0.05) is 32.9 Å². The molecule has 0 aliphatic carbocycles. The predicted octanol–water partition coefficient (Wildman–Crippen LogP) is 3.42. The largest absolute Gasteiger partial charge is 0.482 e. The van der Waals surface area contributed by atoms with Gasteiger partial charge in [-0.05, 0) is 49.5 Å². The van der Waals surface area contributed by atoms with Crippen LogP contribution in [0.3, 0.4) is 0 Å². The lowest BCUT2D eigenvalue weighted by Crippen LogP contribution is -2.38. The molecular formula is C18H28ClNO3. The van der Waals surface area contributed by atoms with Crippen molar-refractivity contribution in [3.8, 4) is 5.75 Å². The fourth-order valence-electron chi connectivity index (χ4n) is 2.63. The van der Waals surface area contributed by atoms with E-state index in [-0.39, 0.29) is 36.5 Å². The summed E-state index contributed by atoms with van der Waals surface area (Å²) in [6.45, 7) is 8.36. The van der Waals surface area contributed by atoms with Crippen LogP contribution in [0.5, 0.6) is 5.75 Å². The molecule has 1 aromatic rings. The fourth-order valence-corrected chi connectivity index (χ4v) is 2.63. The molecule has 0 radical (unpaired) electrons. The van der Waals surface area contributed by atoms with Gasteiger partial charge < -0.3 is 14.4 Å². The maximum Gasteiger partial charge on any atom is 0.344 e. The Labute approximate surface area is 145 Å². The number of likely N-dealkylation sites (N-methyl/N-ethyl adjacent to an activating group) is 1. The Morgan fingerprint density at radius 3 is 2.48 bits per heavy atom. The number of piperidine rings is 1. The highest BCUT2D eigenvalue weighted by molar-refractivity contribution is 5.85. The molecule has 5 heteroatoms. The molecule has 1 aromatic carbocycles. The summed E-state index contributed by atoms with van der Waals surface area (Å²) in [6.07, 6.45) is 2.01. The van der Waals surface area contributed by atoms with E-state index in [1.165, 1.54) is 5.56 Å². The number of carbonyl (C=O) groups excluding carboxylic acids is 1. The Morgan fingerprint density at radius 2 is 1.91 bits per heavy atom. The Kier molecular flexibility index (Phi) is 7.36. The molecule has 1 fully saturated rings. The average Bonchev–Trinajstić information content (AvgIpc) is 2.45. The van der Waals surface area contributed by atoms with E-state index in [1.807, 2.05) is 31.3 Å². The normalized spacial score (nSPS) is 18.9. The van der Waals surface area contributed by atoms with Crippen LogP contribution in [0.25, 0.3) is 0 Å². The second-order valence-electron chi connectivity index (χ2n) is 7.08. The third kappa shape index (κ3) is 6.40. The molecule has 0 bridgehead atoms. The number of likely N-dealkylation sites (tertiary alicyclic amines) is 1. The summed E-state index contributed by atoms with van der Waals surface area (Å²) in [5.74, 6) is 0.408. The van der Waals surface area contributed by atoms with Gasteiger partial charge in [0.1, 0.15) is 11.9 Å². The average molecular weight is 342 g/mol. The molecule has 0 spiro atoms. The van der Waals surface area contributed by atoms with Crippen LogP contribution in [-0.4, -0.2) is 43.7 Å². The molecule has 0 aromatic heterocycles. The van der Waals surface area contributed by atoms with E-state index in [0.29, 0.717) is 5.75 Å². The summed E-state index contributed by atoms with van der Waals surface area (Å²) in [7, 11) is 2.05.